The van der Waals surface area contributed by atoms with E-state index in [4.69, 9.17) is 9.47 Å². The summed E-state index contributed by atoms with van der Waals surface area (Å²) in [6, 6.07) is 14.9. The minimum Gasteiger partial charge on any atom is -0.495 e. The van der Waals surface area contributed by atoms with Crippen molar-refractivity contribution in [1.29, 1.82) is 0 Å². The Kier molecular flexibility index (Phi) is 8.15. The highest BCUT2D eigenvalue weighted by atomic mass is 32.2. The lowest BCUT2D eigenvalue weighted by Gasteiger charge is -2.12. The molecule has 8 nitrogen and oxygen atoms in total. The zero-order valence-corrected chi connectivity index (χ0v) is 19.3. The number of ketones is 1. The van der Waals surface area contributed by atoms with Crippen LogP contribution in [0.5, 0.6) is 5.75 Å². The number of thioether (sulfide) groups is 1. The van der Waals surface area contributed by atoms with Gasteiger partial charge in [-0.05, 0) is 38.1 Å². The van der Waals surface area contributed by atoms with Crippen LogP contribution in [0.1, 0.15) is 32.1 Å². The molecule has 0 unspecified atom stereocenters. The summed E-state index contributed by atoms with van der Waals surface area (Å²) in [5, 5.41) is 3.24. The van der Waals surface area contributed by atoms with Gasteiger partial charge in [0, 0.05) is 17.0 Å². The third kappa shape index (κ3) is 6.88. The molecular weight excluding hydrogens is 442 g/mol. The fourth-order valence-electron chi connectivity index (χ4n) is 2.93. The molecule has 170 valence electrons. The number of benzene rings is 2. The second kappa shape index (κ2) is 11.2. The van der Waals surface area contributed by atoms with Crippen molar-refractivity contribution in [1.82, 2.24) is 9.97 Å². The monoisotopic (exact) mass is 465 g/mol. The number of nitrogens with zero attached hydrogens (tertiary/aromatic N) is 2. The maximum Gasteiger partial charge on any atom is 0.338 e. The van der Waals surface area contributed by atoms with Crippen LogP contribution in [0.2, 0.25) is 0 Å². The Morgan fingerprint density at radius 1 is 0.939 bits per heavy atom. The largest absolute Gasteiger partial charge is 0.495 e. The summed E-state index contributed by atoms with van der Waals surface area (Å²) in [6.45, 7) is 3.34. The number of carbonyl (C=O) groups excluding carboxylic acids is 3. The number of aryl methyl sites for hydroxylation is 2. The van der Waals surface area contributed by atoms with E-state index in [1.54, 1.807) is 36.4 Å². The minimum absolute atomic E-state index is 0.0757. The smallest absolute Gasteiger partial charge is 0.338 e. The molecule has 0 radical (unpaired) electrons. The molecule has 0 spiro atoms. The Hall–Kier alpha value is -3.72. The van der Waals surface area contributed by atoms with E-state index in [2.05, 4.69) is 15.3 Å². The van der Waals surface area contributed by atoms with Gasteiger partial charge in [0.05, 0.1) is 24.1 Å². The van der Waals surface area contributed by atoms with E-state index in [1.807, 2.05) is 19.9 Å². The number of carbonyl (C=O) groups is 3. The molecule has 0 fully saturated rings. The Morgan fingerprint density at radius 3 is 2.30 bits per heavy atom. The standard InChI is InChI=1S/C24H23N3O5S/c1-15-11-16(2)26-24(25-15)33-14-22(29)27-19-12-18(9-10-21(19)31-3)23(30)32-13-20(28)17-7-5-4-6-8-17/h4-12H,13-14H2,1-3H3,(H,27,29). The summed E-state index contributed by atoms with van der Waals surface area (Å²) < 4.78 is 10.4. The fraction of sp³-hybridized carbons (Fsp3) is 0.208. The summed E-state index contributed by atoms with van der Waals surface area (Å²) >= 11 is 1.21. The van der Waals surface area contributed by atoms with Crippen molar-refractivity contribution < 1.29 is 23.9 Å². The van der Waals surface area contributed by atoms with E-state index in [0.29, 0.717) is 22.2 Å². The number of anilines is 1. The molecular formula is C24H23N3O5S. The molecule has 3 aromatic rings. The molecule has 2 aromatic carbocycles. The van der Waals surface area contributed by atoms with Crippen LogP contribution in [-0.2, 0) is 9.53 Å². The zero-order valence-electron chi connectivity index (χ0n) is 18.5. The van der Waals surface area contributed by atoms with Gasteiger partial charge >= 0.3 is 5.97 Å². The van der Waals surface area contributed by atoms with Crippen LogP contribution in [0.25, 0.3) is 0 Å². The lowest BCUT2D eigenvalue weighted by molar-refractivity contribution is -0.113. The Labute approximate surface area is 195 Å². The SMILES string of the molecule is COc1ccc(C(=O)OCC(=O)c2ccccc2)cc1NC(=O)CSc1nc(C)cc(C)n1. The highest BCUT2D eigenvalue weighted by Crippen LogP contribution is 2.26. The molecule has 0 saturated carbocycles. The number of rotatable bonds is 9. The van der Waals surface area contributed by atoms with Crippen LogP contribution >= 0.6 is 11.8 Å². The van der Waals surface area contributed by atoms with Gasteiger partial charge < -0.3 is 14.8 Å². The number of hydrogen-bond donors (Lipinski definition) is 1. The number of aromatic nitrogens is 2. The summed E-state index contributed by atoms with van der Waals surface area (Å²) in [6.07, 6.45) is 0. The van der Waals surface area contributed by atoms with Gasteiger partial charge in [0.15, 0.2) is 17.5 Å². The van der Waals surface area contributed by atoms with Crippen molar-refractivity contribution in [3.8, 4) is 5.75 Å². The normalized spacial score (nSPS) is 10.4. The van der Waals surface area contributed by atoms with Crippen molar-refractivity contribution in [3.05, 3.63) is 77.1 Å². The fourth-order valence-corrected chi connectivity index (χ4v) is 3.68. The summed E-state index contributed by atoms with van der Waals surface area (Å²) in [4.78, 5) is 45.7. The Balaban J connectivity index is 1.62. The van der Waals surface area contributed by atoms with E-state index in [-0.39, 0.29) is 29.6 Å². The number of amides is 1. The summed E-state index contributed by atoms with van der Waals surface area (Å²) in [5.41, 5.74) is 2.59. The number of methoxy groups -OCH3 is 1. The third-order valence-corrected chi connectivity index (χ3v) is 5.28. The second-order valence-electron chi connectivity index (χ2n) is 7.05. The maximum absolute atomic E-state index is 12.5. The van der Waals surface area contributed by atoms with Gasteiger partial charge in [-0.3, -0.25) is 9.59 Å². The van der Waals surface area contributed by atoms with Crippen LogP contribution in [0.15, 0.2) is 59.8 Å². The first kappa shape index (κ1) is 23.9. The highest BCUT2D eigenvalue weighted by molar-refractivity contribution is 7.99. The molecule has 0 atom stereocenters. The molecule has 0 aliphatic heterocycles. The predicted molar refractivity (Wildman–Crippen MR) is 125 cm³/mol. The van der Waals surface area contributed by atoms with Gasteiger partial charge in [-0.15, -0.1) is 0 Å². The van der Waals surface area contributed by atoms with Gasteiger partial charge in [-0.25, -0.2) is 14.8 Å². The van der Waals surface area contributed by atoms with E-state index in [0.717, 1.165) is 11.4 Å². The van der Waals surface area contributed by atoms with Gasteiger partial charge in [-0.2, -0.15) is 0 Å². The van der Waals surface area contributed by atoms with Crippen molar-refractivity contribution in [2.45, 2.75) is 19.0 Å². The quantitative estimate of drug-likeness (QED) is 0.220. The molecule has 9 heteroatoms. The lowest BCUT2D eigenvalue weighted by Crippen LogP contribution is -2.17. The van der Waals surface area contributed by atoms with Gasteiger partial charge in [-0.1, -0.05) is 42.1 Å². The molecule has 1 aromatic heterocycles. The molecule has 0 saturated heterocycles. The summed E-state index contributed by atoms with van der Waals surface area (Å²) in [5.74, 6) is -0.849. The second-order valence-corrected chi connectivity index (χ2v) is 7.99. The molecule has 0 bridgehead atoms. The first-order valence-electron chi connectivity index (χ1n) is 10.0. The van der Waals surface area contributed by atoms with Gasteiger partial charge in [0.1, 0.15) is 5.75 Å². The van der Waals surface area contributed by atoms with Crippen LogP contribution in [0, 0.1) is 13.8 Å². The van der Waals surface area contributed by atoms with Crippen LogP contribution < -0.4 is 10.1 Å². The number of esters is 1. The van der Waals surface area contributed by atoms with Crippen LogP contribution in [0.3, 0.4) is 0 Å². The van der Waals surface area contributed by atoms with Crippen molar-refractivity contribution in [2.24, 2.45) is 0 Å². The molecule has 3 rings (SSSR count). The van der Waals surface area contributed by atoms with E-state index in [1.165, 1.54) is 31.0 Å². The number of Topliss-reactive ketones (excluding diaryl/α,β-unsaturated/α-hetero) is 1. The molecule has 1 amide bonds. The maximum atomic E-state index is 12.5. The minimum atomic E-state index is -0.685. The zero-order chi connectivity index (χ0) is 23.8. The third-order valence-electron chi connectivity index (χ3n) is 4.43. The average molecular weight is 466 g/mol. The first-order chi connectivity index (χ1) is 15.9. The van der Waals surface area contributed by atoms with Crippen LogP contribution in [-0.4, -0.2) is 47.1 Å². The summed E-state index contributed by atoms with van der Waals surface area (Å²) in [7, 11) is 1.46. The Bertz CT molecular complexity index is 1150. The van der Waals surface area contributed by atoms with E-state index >= 15 is 0 Å². The number of hydrogen-bond acceptors (Lipinski definition) is 8. The predicted octanol–water partition coefficient (Wildman–Crippen LogP) is 3.87. The van der Waals surface area contributed by atoms with Crippen molar-refractivity contribution >= 4 is 35.1 Å². The average Bonchev–Trinajstić information content (AvgIpc) is 2.81. The molecule has 33 heavy (non-hydrogen) atoms. The molecule has 0 aliphatic carbocycles. The van der Waals surface area contributed by atoms with Gasteiger partial charge in [0.2, 0.25) is 5.91 Å². The first-order valence-corrected chi connectivity index (χ1v) is 11.0. The topological polar surface area (TPSA) is 107 Å². The van der Waals surface area contributed by atoms with Gasteiger partial charge in [0.25, 0.3) is 0 Å². The van der Waals surface area contributed by atoms with E-state index < -0.39 is 5.97 Å². The van der Waals surface area contributed by atoms with Crippen molar-refractivity contribution in [2.75, 3.05) is 24.8 Å². The number of nitrogens with one attached hydrogen (secondary N) is 1. The highest BCUT2D eigenvalue weighted by Gasteiger charge is 2.16. The molecule has 1 N–H and O–H groups in total. The Morgan fingerprint density at radius 2 is 1.64 bits per heavy atom. The van der Waals surface area contributed by atoms with E-state index in [9.17, 15) is 14.4 Å². The number of ether oxygens (including phenoxy) is 2. The lowest BCUT2D eigenvalue weighted by atomic mass is 10.1. The molecule has 0 aliphatic rings. The molecule has 1 heterocycles. The van der Waals surface area contributed by atoms with Crippen molar-refractivity contribution in [3.63, 3.8) is 0 Å². The van der Waals surface area contributed by atoms with Crippen LogP contribution in [0.4, 0.5) is 5.69 Å².